The molecular formula is C15H21F2N3O. The minimum atomic E-state index is -0.762. The lowest BCUT2D eigenvalue weighted by Gasteiger charge is -2.27. The monoisotopic (exact) mass is 297 g/mol. The van der Waals surface area contributed by atoms with E-state index < -0.39 is 17.5 Å². The van der Waals surface area contributed by atoms with Crippen LogP contribution in [0.25, 0.3) is 0 Å². The van der Waals surface area contributed by atoms with Gasteiger partial charge in [-0.25, -0.2) is 8.78 Å². The first-order valence-electron chi connectivity index (χ1n) is 7.19. The van der Waals surface area contributed by atoms with E-state index in [1.165, 1.54) is 6.07 Å². The van der Waals surface area contributed by atoms with Crippen molar-refractivity contribution in [2.24, 2.45) is 5.92 Å². The number of carbonyl (C=O) groups excluding carboxylic acids is 1. The molecule has 1 unspecified atom stereocenters. The van der Waals surface area contributed by atoms with Gasteiger partial charge in [0.1, 0.15) is 17.3 Å². The molecule has 2 N–H and O–H groups in total. The molecule has 6 heteroatoms. The Morgan fingerprint density at radius 2 is 2.14 bits per heavy atom. The summed E-state index contributed by atoms with van der Waals surface area (Å²) in [5, 5.41) is 5.62. The number of benzene rings is 1. The first-order chi connectivity index (χ1) is 10.1. The van der Waals surface area contributed by atoms with Crippen LogP contribution in [0.3, 0.4) is 0 Å². The van der Waals surface area contributed by atoms with Gasteiger partial charge in [0, 0.05) is 6.54 Å². The summed E-state index contributed by atoms with van der Waals surface area (Å²) in [6, 6.07) is 3.51. The Kier molecular flexibility index (Phi) is 5.64. The van der Waals surface area contributed by atoms with Crippen molar-refractivity contribution in [3.05, 3.63) is 29.8 Å². The Morgan fingerprint density at radius 1 is 1.43 bits per heavy atom. The van der Waals surface area contributed by atoms with Crippen LogP contribution < -0.4 is 10.6 Å². The zero-order valence-electron chi connectivity index (χ0n) is 12.2. The molecule has 1 atom stereocenters. The van der Waals surface area contributed by atoms with Gasteiger partial charge in [-0.05, 0) is 51.0 Å². The number of likely N-dealkylation sites (N-methyl/N-ethyl adjacent to an activating group) is 1. The van der Waals surface area contributed by atoms with Gasteiger partial charge in [-0.2, -0.15) is 0 Å². The van der Waals surface area contributed by atoms with Gasteiger partial charge >= 0.3 is 0 Å². The van der Waals surface area contributed by atoms with E-state index in [1.54, 1.807) is 0 Å². The van der Waals surface area contributed by atoms with Gasteiger partial charge in [0.2, 0.25) is 5.91 Å². The minimum Gasteiger partial charge on any atom is -0.320 e. The molecule has 0 spiro atoms. The van der Waals surface area contributed by atoms with Gasteiger partial charge in [-0.15, -0.1) is 0 Å². The fourth-order valence-corrected chi connectivity index (χ4v) is 2.63. The van der Waals surface area contributed by atoms with Crippen molar-refractivity contribution < 1.29 is 13.6 Å². The highest BCUT2D eigenvalue weighted by molar-refractivity contribution is 5.92. The summed E-state index contributed by atoms with van der Waals surface area (Å²) in [7, 11) is 1.84. The van der Waals surface area contributed by atoms with Crippen LogP contribution in [0.2, 0.25) is 0 Å². The minimum absolute atomic E-state index is 0.115. The molecule has 21 heavy (non-hydrogen) atoms. The molecule has 1 heterocycles. The first-order valence-corrected chi connectivity index (χ1v) is 7.19. The number of hydrogen-bond donors (Lipinski definition) is 2. The van der Waals surface area contributed by atoms with Crippen molar-refractivity contribution in [1.29, 1.82) is 0 Å². The predicted octanol–water partition coefficient (Wildman–Crippen LogP) is 1.83. The van der Waals surface area contributed by atoms with Crippen molar-refractivity contribution in [1.82, 2.24) is 10.2 Å². The summed E-state index contributed by atoms with van der Waals surface area (Å²) in [6.07, 6.45) is 2.28. The second-order valence-corrected chi connectivity index (χ2v) is 5.55. The maximum absolute atomic E-state index is 13.4. The van der Waals surface area contributed by atoms with Crippen LogP contribution in [0, 0.1) is 17.6 Å². The maximum Gasteiger partial charge on any atom is 0.238 e. The number of hydrogen-bond acceptors (Lipinski definition) is 3. The number of piperidine rings is 1. The summed E-state index contributed by atoms with van der Waals surface area (Å²) in [6.45, 7) is 2.91. The molecule has 0 bridgehead atoms. The molecule has 1 aliphatic heterocycles. The van der Waals surface area contributed by atoms with Gasteiger partial charge in [-0.1, -0.05) is 6.07 Å². The van der Waals surface area contributed by atoms with E-state index in [0.29, 0.717) is 5.92 Å². The Balaban J connectivity index is 1.83. The number of nitrogens with zero attached hydrogens (tertiary/aromatic N) is 1. The van der Waals surface area contributed by atoms with Crippen molar-refractivity contribution in [3.8, 4) is 0 Å². The highest BCUT2D eigenvalue weighted by Gasteiger charge is 2.17. The summed E-state index contributed by atoms with van der Waals surface area (Å²) in [5.41, 5.74) is -0.379. The Morgan fingerprint density at radius 3 is 2.76 bits per heavy atom. The zero-order chi connectivity index (χ0) is 15.2. The molecule has 116 valence electrons. The first kappa shape index (κ1) is 15.9. The van der Waals surface area contributed by atoms with Crippen LogP contribution in [0.15, 0.2) is 18.2 Å². The second kappa shape index (κ2) is 7.47. The maximum atomic E-state index is 13.4. The number of halogens is 2. The van der Waals surface area contributed by atoms with Crippen molar-refractivity contribution in [2.45, 2.75) is 12.8 Å². The standard InChI is InChI=1S/C15H21F2N3O/c1-20(9-11-4-3-7-18-8-11)10-14(21)19-15-12(16)5-2-6-13(15)17/h2,5-6,11,18H,3-4,7-10H2,1H3,(H,19,21). The topological polar surface area (TPSA) is 44.4 Å². The molecule has 1 aromatic carbocycles. The predicted molar refractivity (Wildman–Crippen MR) is 78.1 cm³/mol. The van der Waals surface area contributed by atoms with Crippen LogP contribution >= 0.6 is 0 Å². The van der Waals surface area contributed by atoms with E-state index in [0.717, 1.165) is 44.6 Å². The Labute approximate surface area is 123 Å². The number of para-hydroxylation sites is 1. The molecule has 0 aromatic heterocycles. The third-order valence-electron chi connectivity index (χ3n) is 3.61. The second-order valence-electron chi connectivity index (χ2n) is 5.55. The molecule has 1 aliphatic rings. The van der Waals surface area contributed by atoms with Gasteiger partial charge in [0.25, 0.3) is 0 Å². The van der Waals surface area contributed by atoms with Crippen molar-refractivity contribution >= 4 is 11.6 Å². The van der Waals surface area contributed by atoms with Gasteiger partial charge in [0.15, 0.2) is 0 Å². The fraction of sp³-hybridized carbons (Fsp3) is 0.533. The summed E-state index contributed by atoms with van der Waals surface area (Å²) >= 11 is 0. The third kappa shape index (κ3) is 4.75. The van der Waals surface area contributed by atoms with E-state index in [-0.39, 0.29) is 12.2 Å². The van der Waals surface area contributed by atoms with Crippen molar-refractivity contribution in [3.63, 3.8) is 0 Å². The molecule has 2 rings (SSSR count). The molecule has 4 nitrogen and oxygen atoms in total. The van der Waals surface area contributed by atoms with Gasteiger partial charge in [0.05, 0.1) is 6.54 Å². The van der Waals surface area contributed by atoms with Crippen LogP contribution in [0.4, 0.5) is 14.5 Å². The van der Waals surface area contributed by atoms with Crippen LogP contribution in [-0.2, 0) is 4.79 Å². The highest BCUT2D eigenvalue weighted by Crippen LogP contribution is 2.18. The normalized spacial score (nSPS) is 18.8. The Bertz CT molecular complexity index is 470. The van der Waals surface area contributed by atoms with Crippen molar-refractivity contribution in [2.75, 3.05) is 38.5 Å². The van der Waals surface area contributed by atoms with E-state index in [4.69, 9.17) is 0 Å². The average Bonchev–Trinajstić information content (AvgIpc) is 2.44. The number of rotatable bonds is 5. The lowest BCUT2D eigenvalue weighted by atomic mass is 9.99. The average molecular weight is 297 g/mol. The van der Waals surface area contributed by atoms with Gasteiger partial charge < -0.3 is 10.6 Å². The lowest BCUT2D eigenvalue weighted by molar-refractivity contribution is -0.117. The molecule has 0 radical (unpaired) electrons. The molecule has 0 aliphatic carbocycles. The SMILES string of the molecule is CN(CC(=O)Nc1c(F)cccc1F)CC1CCCNC1. The lowest BCUT2D eigenvalue weighted by Crippen LogP contribution is -2.39. The molecule has 1 aromatic rings. The Hall–Kier alpha value is -1.53. The van der Waals surface area contributed by atoms with E-state index in [2.05, 4.69) is 10.6 Å². The molecule has 1 saturated heterocycles. The highest BCUT2D eigenvalue weighted by atomic mass is 19.1. The number of carbonyl (C=O) groups is 1. The summed E-state index contributed by atoms with van der Waals surface area (Å²) in [4.78, 5) is 13.7. The smallest absolute Gasteiger partial charge is 0.238 e. The fourth-order valence-electron chi connectivity index (χ4n) is 2.63. The molecule has 0 saturated carbocycles. The van der Waals surface area contributed by atoms with E-state index in [9.17, 15) is 13.6 Å². The number of amides is 1. The summed E-state index contributed by atoms with van der Waals surface area (Å²) < 4.78 is 26.9. The number of anilines is 1. The quantitative estimate of drug-likeness (QED) is 0.871. The van der Waals surface area contributed by atoms with Gasteiger partial charge in [-0.3, -0.25) is 9.69 Å². The van der Waals surface area contributed by atoms with Crippen LogP contribution in [0.1, 0.15) is 12.8 Å². The zero-order valence-corrected chi connectivity index (χ0v) is 12.2. The molecule has 1 fully saturated rings. The third-order valence-corrected chi connectivity index (χ3v) is 3.61. The molecular weight excluding hydrogens is 276 g/mol. The molecule has 1 amide bonds. The van der Waals surface area contributed by atoms with E-state index >= 15 is 0 Å². The number of nitrogens with one attached hydrogen (secondary N) is 2. The van der Waals surface area contributed by atoms with E-state index in [1.807, 2.05) is 11.9 Å². The van der Waals surface area contributed by atoms with Crippen LogP contribution in [-0.4, -0.2) is 44.0 Å². The summed E-state index contributed by atoms with van der Waals surface area (Å²) in [5.74, 6) is -1.42. The van der Waals surface area contributed by atoms with Crippen LogP contribution in [0.5, 0.6) is 0 Å². The largest absolute Gasteiger partial charge is 0.320 e.